The first-order chi connectivity index (χ1) is 12.8. The zero-order chi connectivity index (χ0) is 21.8. The van der Waals surface area contributed by atoms with Crippen LogP contribution < -0.4 is 5.32 Å². The van der Waals surface area contributed by atoms with Crippen LogP contribution in [-0.2, 0) is 33.3 Å². The smallest absolute Gasteiger partial charge is 0.407 e. The molecule has 0 radical (unpaired) electrons. The van der Waals surface area contributed by atoms with Crippen LogP contribution in [0, 0.1) is 5.41 Å². The molecule has 0 heterocycles. The van der Waals surface area contributed by atoms with Gasteiger partial charge in [-0.3, -0.25) is 9.59 Å². The molecular weight excluding hydrogens is 370 g/mol. The summed E-state index contributed by atoms with van der Waals surface area (Å²) in [7, 11) is 0. The van der Waals surface area contributed by atoms with Gasteiger partial charge in [0.05, 0.1) is 32.6 Å². The Hall–Kier alpha value is -2.58. The zero-order valence-electron chi connectivity index (χ0n) is 17.3. The molecule has 9 nitrogen and oxygen atoms in total. The molecule has 0 aromatic rings. The number of rotatable bonds is 11. The third kappa shape index (κ3) is 14.6. The highest BCUT2D eigenvalue weighted by Gasteiger charge is 2.22. The molecule has 9 heteroatoms. The van der Waals surface area contributed by atoms with Gasteiger partial charge in [0.1, 0.15) is 12.2 Å². The van der Waals surface area contributed by atoms with Crippen molar-refractivity contribution in [2.45, 2.75) is 53.1 Å². The minimum absolute atomic E-state index is 0.0328. The first kappa shape index (κ1) is 25.4. The van der Waals surface area contributed by atoms with Gasteiger partial charge < -0.3 is 24.3 Å². The van der Waals surface area contributed by atoms with Gasteiger partial charge in [0.2, 0.25) is 0 Å². The molecule has 0 aromatic carbocycles. The minimum Gasteiger partial charge on any atom is -0.465 e. The lowest BCUT2D eigenvalue weighted by Gasteiger charge is -2.23. The van der Waals surface area contributed by atoms with Gasteiger partial charge >= 0.3 is 24.0 Å². The highest BCUT2D eigenvalue weighted by molar-refractivity contribution is 5.81. The van der Waals surface area contributed by atoms with E-state index >= 15 is 0 Å². The number of hydrogen-bond acceptors (Lipinski definition) is 8. The number of nitrogens with one attached hydrogen (secondary N) is 1. The normalized spacial score (nSPS) is 11.2. The molecule has 0 saturated heterocycles. The molecule has 160 valence electrons. The lowest BCUT2D eigenvalue weighted by Crippen LogP contribution is -2.34. The van der Waals surface area contributed by atoms with Gasteiger partial charge in [0.15, 0.2) is 0 Å². The Bertz CT molecular complexity index is 563. The highest BCUT2D eigenvalue weighted by Crippen LogP contribution is 2.16. The summed E-state index contributed by atoms with van der Waals surface area (Å²) < 4.78 is 20.0. The first-order valence-electron chi connectivity index (χ1n) is 8.92. The van der Waals surface area contributed by atoms with E-state index in [9.17, 15) is 19.2 Å². The Morgan fingerprint density at radius 1 is 0.893 bits per heavy atom. The van der Waals surface area contributed by atoms with Crippen LogP contribution in [0.5, 0.6) is 0 Å². The van der Waals surface area contributed by atoms with Gasteiger partial charge in [-0.25, -0.2) is 9.59 Å². The second-order valence-corrected chi connectivity index (χ2v) is 7.79. The maximum atomic E-state index is 11.7. The molecule has 0 aliphatic carbocycles. The number of esters is 3. The lowest BCUT2D eigenvalue weighted by atomic mass is 9.96. The highest BCUT2D eigenvalue weighted by atomic mass is 16.6. The predicted molar refractivity (Wildman–Crippen MR) is 100 cm³/mol. The van der Waals surface area contributed by atoms with E-state index in [2.05, 4.69) is 11.9 Å². The number of ether oxygens (including phenoxy) is 4. The van der Waals surface area contributed by atoms with Crippen LogP contribution in [0.1, 0.15) is 47.5 Å². The molecule has 0 aromatic heterocycles. The average Bonchev–Trinajstić information content (AvgIpc) is 2.58. The molecule has 28 heavy (non-hydrogen) atoms. The van der Waals surface area contributed by atoms with Crippen molar-refractivity contribution in [3.8, 4) is 0 Å². The Labute approximate surface area is 165 Å². The fraction of sp³-hybridized carbons (Fsp3) is 0.684. The quantitative estimate of drug-likeness (QED) is 0.242. The molecular formula is C19H31NO8. The van der Waals surface area contributed by atoms with E-state index in [1.165, 1.54) is 0 Å². The van der Waals surface area contributed by atoms with E-state index in [1.54, 1.807) is 34.6 Å². The molecule has 0 aliphatic rings. The second kappa shape index (κ2) is 12.0. The number of carbonyl (C=O) groups is 4. The Kier molecular flexibility index (Phi) is 10.9. The third-order valence-corrected chi connectivity index (χ3v) is 2.96. The topological polar surface area (TPSA) is 117 Å². The van der Waals surface area contributed by atoms with Crippen molar-refractivity contribution in [3.05, 3.63) is 12.7 Å². The van der Waals surface area contributed by atoms with E-state index in [0.717, 1.165) is 6.08 Å². The predicted octanol–water partition coefficient (Wildman–Crippen LogP) is 2.13. The van der Waals surface area contributed by atoms with Crippen LogP contribution in [0.2, 0.25) is 0 Å². The molecule has 1 amide bonds. The van der Waals surface area contributed by atoms with Crippen LogP contribution in [-0.4, -0.2) is 56.0 Å². The van der Waals surface area contributed by atoms with Crippen molar-refractivity contribution >= 4 is 24.0 Å². The maximum Gasteiger partial charge on any atom is 0.407 e. The van der Waals surface area contributed by atoms with Gasteiger partial charge in [0.25, 0.3) is 0 Å². The Morgan fingerprint density at radius 2 is 1.43 bits per heavy atom. The number of carbonyl (C=O) groups excluding carboxylic acids is 4. The fourth-order valence-corrected chi connectivity index (χ4v) is 1.62. The van der Waals surface area contributed by atoms with Crippen molar-refractivity contribution in [2.24, 2.45) is 5.41 Å². The maximum absolute atomic E-state index is 11.7. The van der Waals surface area contributed by atoms with Gasteiger partial charge in [-0.05, 0) is 20.8 Å². The third-order valence-electron chi connectivity index (χ3n) is 2.96. The van der Waals surface area contributed by atoms with Crippen LogP contribution in [0.3, 0.4) is 0 Å². The zero-order valence-corrected chi connectivity index (χ0v) is 17.3. The Morgan fingerprint density at radius 3 is 1.96 bits per heavy atom. The summed E-state index contributed by atoms with van der Waals surface area (Å²) in [6.45, 7) is 12.2. The van der Waals surface area contributed by atoms with Crippen molar-refractivity contribution in [3.63, 3.8) is 0 Å². The van der Waals surface area contributed by atoms with E-state index in [-0.39, 0.29) is 39.2 Å². The minimum atomic E-state index is -0.608. The molecule has 0 unspecified atom stereocenters. The monoisotopic (exact) mass is 401 g/mol. The molecule has 0 saturated carbocycles. The van der Waals surface area contributed by atoms with Gasteiger partial charge in [-0.15, -0.1) is 0 Å². The summed E-state index contributed by atoms with van der Waals surface area (Å²) in [5.74, 6) is -1.70. The molecule has 0 aliphatic heterocycles. The molecule has 0 rings (SSSR count). The SMILES string of the molecule is C=CC(=O)OCC(C)(C)COC(=O)CCC(=O)OCCNC(=O)OC(C)(C)C. The summed E-state index contributed by atoms with van der Waals surface area (Å²) in [6.07, 6.45) is 0.169. The number of hydrogen-bond donors (Lipinski definition) is 1. The van der Waals surface area contributed by atoms with Crippen LogP contribution >= 0.6 is 0 Å². The first-order valence-corrected chi connectivity index (χ1v) is 8.92. The molecule has 0 atom stereocenters. The summed E-state index contributed by atoms with van der Waals surface area (Å²) in [5, 5.41) is 2.45. The van der Waals surface area contributed by atoms with Crippen LogP contribution in [0.25, 0.3) is 0 Å². The van der Waals surface area contributed by atoms with Crippen LogP contribution in [0.4, 0.5) is 4.79 Å². The summed E-state index contributed by atoms with van der Waals surface area (Å²) in [6, 6.07) is 0. The van der Waals surface area contributed by atoms with E-state index in [0.29, 0.717) is 0 Å². The second-order valence-electron chi connectivity index (χ2n) is 7.79. The number of amides is 1. The molecule has 0 fully saturated rings. The number of alkyl carbamates (subject to hydrolysis) is 1. The molecule has 1 N–H and O–H groups in total. The average molecular weight is 401 g/mol. The van der Waals surface area contributed by atoms with Gasteiger partial charge in [0, 0.05) is 11.5 Å². The fourth-order valence-electron chi connectivity index (χ4n) is 1.62. The van der Waals surface area contributed by atoms with Crippen molar-refractivity contribution in [1.29, 1.82) is 0 Å². The van der Waals surface area contributed by atoms with E-state index < -0.39 is 35.0 Å². The standard InChI is InChI=1S/C19H31NO8/c1-7-14(21)26-12-19(5,6)13-27-16(23)9-8-15(22)25-11-10-20-17(24)28-18(2,3)4/h7H,1,8-13H2,2-6H3,(H,20,24). The summed E-state index contributed by atoms with van der Waals surface area (Å²) in [4.78, 5) is 45.8. The van der Waals surface area contributed by atoms with Gasteiger partial charge in [-0.2, -0.15) is 0 Å². The summed E-state index contributed by atoms with van der Waals surface area (Å²) >= 11 is 0. The van der Waals surface area contributed by atoms with Gasteiger partial charge in [-0.1, -0.05) is 20.4 Å². The molecule has 0 bridgehead atoms. The Balaban J connectivity index is 3.91. The van der Waals surface area contributed by atoms with Crippen molar-refractivity contribution in [2.75, 3.05) is 26.4 Å². The van der Waals surface area contributed by atoms with Crippen LogP contribution in [0.15, 0.2) is 12.7 Å². The van der Waals surface area contributed by atoms with E-state index in [4.69, 9.17) is 18.9 Å². The van der Waals surface area contributed by atoms with Crippen molar-refractivity contribution < 1.29 is 38.1 Å². The van der Waals surface area contributed by atoms with Crippen molar-refractivity contribution in [1.82, 2.24) is 5.32 Å². The van der Waals surface area contributed by atoms with E-state index in [1.807, 2.05) is 0 Å². The lowest BCUT2D eigenvalue weighted by molar-refractivity contribution is -0.154. The molecule has 0 spiro atoms. The largest absolute Gasteiger partial charge is 0.465 e. The summed E-state index contributed by atoms with van der Waals surface area (Å²) in [5.41, 5.74) is -1.18.